The third-order valence-corrected chi connectivity index (χ3v) is 6.49. The average molecular weight is 412 g/mol. The highest BCUT2D eigenvalue weighted by Crippen LogP contribution is 2.38. The van der Waals surface area contributed by atoms with Gasteiger partial charge < -0.3 is 4.57 Å². The van der Waals surface area contributed by atoms with E-state index in [4.69, 9.17) is 34.8 Å². The van der Waals surface area contributed by atoms with Crippen molar-refractivity contribution in [1.82, 2.24) is 9.55 Å². The Morgan fingerprint density at radius 3 is 2.36 bits per heavy atom. The number of benzene rings is 2. The van der Waals surface area contributed by atoms with Crippen LogP contribution in [0.15, 0.2) is 66.1 Å². The van der Waals surface area contributed by atoms with Crippen LogP contribution in [0, 0.1) is 0 Å². The number of aromatic nitrogens is 2. The second-order valence-electron chi connectivity index (χ2n) is 5.68. The van der Waals surface area contributed by atoms with Crippen LogP contribution in [0.5, 0.6) is 0 Å². The first-order valence-corrected chi connectivity index (χ1v) is 9.94. The lowest BCUT2D eigenvalue weighted by Crippen LogP contribution is -2.13. The van der Waals surface area contributed by atoms with Crippen LogP contribution in [0.25, 0.3) is 0 Å². The second-order valence-corrected chi connectivity index (χ2v) is 8.21. The molecule has 0 spiro atoms. The summed E-state index contributed by atoms with van der Waals surface area (Å²) in [6.45, 7) is 0.830. The highest BCUT2D eigenvalue weighted by atomic mass is 35.5. The number of aryl methyl sites for hydroxylation is 1. The second kappa shape index (κ2) is 9.00. The maximum atomic E-state index is 6.35. The Hall–Kier alpha value is -1.13. The zero-order chi connectivity index (χ0) is 17.6. The minimum Gasteiger partial charge on any atom is -0.336 e. The van der Waals surface area contributed by atoms with Crippen molar-refractivity contribution in [2.75, 3.05) is 0 Å². The fraction of sp³-hybridized carbons (Fsp3) is 0.211. The third-order valence-electron chi connectivity index (χ3n) is 3.87. The van der Waals surface area contributed by atoms with Gasteiger partial charge >= 0.3 is 0 Å². The summed E-state index contributed by atoms with van der Waals surface area (Å²) >= 11 is 20.7. The van der Waals surface area contributed by atoms with Gasteiger partial charge in [0.05, 0.1) is 16.4 Å². The molecule has 0 amide bonds. The summed E-state index contributed by atoms with van der Waals surface area (Å²) in [5.74, 6) is 0. The zero-order valence-corrected chi connectivity index (χ0v) is 16.5. The summed E-state index contributed by atoms with van der Waals surface area (Å²) in [6, 6.07) is 13.6. The molecule has 0 aliphatic heterocycles. The van der Waals surface area contributed by atoms with E-state index >= 15 is 0 Å². The molecule has 25 heavy (non-hydrogen) atoms. The molecule has 2 aromatic carbocycles. The van der Waals surface area contributed by atoms with E-state index in [1.807, 2.05) is 48.9 Å². The average Bonchev–Trinajstić information content (AvgIpc) is 3.10. The Morgan fingerprint density at radius 2 is 1.68 bits per heavy atom. The molecule has 0 radical (unpaired) electrons. The van der Waals surface area contributed by atoms with Crippen LogP contribution in [0.2, 0.25) is 15.1 Å². The van der Waals surface area contributed by atoms with Crippen LogP contribution in [-0.2, 0) is 13.0 Å². The number of halogens is 3. The molecule has 0 N–H and O–H groups in total. The van der Waals surface area contributed by atoms with Gasteiger partial charge in [-0.05, 0) is 36.6 Å². The van der Waals surface area contributed by atoms with Crippen LogP contribution in [0.3, 0.4) is 0 Å². The molecule has 6 heteroatoms. The Kier molecular flexibility index (Phi) is 6.71. The van der Waals surface area contributed by atoms with E-state index in [1.165, 1.54) is 0 Å². The van der Waals surface area contributed by atoms with Gasteiger partial charge in [-0.15, -0.1) is 11.8 Å². The SMILES string of the molecule is Clc1ccccc1CCC(Cn1ccnc1)Sc1c(Cl)cccc1Cl. The number of nitrogens with zero attached hydrogens (tertiary/aromatic N) is 2. The molecule has 1 heterocycles. The molecule has 1 atom stereocenters. The molecule has 1 aromatic heterocycles. The highest BCUT2D eigenvalue weighted by Gasteiger charge is 2.16. The van der Waals surface area contributed by atoms with Gasteiger partial charge in [-0.3, -0.25) is 0 Å². The van der Waals surface area contributed by atoms with E-state index in [0.29, 0.717) is 15.3 Å². The highest BCUT2D eigenvalue weighted by molar-refractivity contribution is 8.00. The Morgan fingerprint density at radius 1 is 0.960 bits per heavy atom. The van der Waals surface area contributed by atoms with Crippen LogP contribution >= 0.6 is 46.6 Å². The molecule has 2 nitrogen and oxygen atoms in total. The van der Waals surface area contributed by atoms with Gasteiger partial charge in [0.2, 0.25) is 0 Å². The summed E-state index contributed by atoms with van der Waals surface area (Å²) in [5, 5.41) is 2.48. The van der Waals surface area contributed by atoms with Crippen molar-refractivity contribution >= 4 is 46.6 Å². The number of thioether (sulfide) groups is 1. The maximum Gasteiger partial charge on any atom is 0.0946 e. The third kappa shape index (κ3) is 5.18. The van der Waals surface area contributed by atoms with E-state index in [0.717, 1.165) is 34.9 Å². The van der Waals surface area contributed by atoms with Gasteiger partial charge in [0, 0.05) is 34.1 Å². The molecule has 1 unspecified atom stereocenters. The molecule has 0 aliphatic carbocycles. The fourth-order valence-electron chi connectivity index (χ4n) is 2.60. The van der Waals surface area contributed by atoms with Crippen molar-refractivity contribution in [2.24, 2.45) is 0 Å². The molecular weight excluding hydrogens is 395 g/mol. The van der Waals surface area contributed by atoms with Gasteiger partial charge in [-0.2, -0.15) is 0 Å². The molecule has 3 aromatic rings. The molecule has 0 fully saturated rings. The molecule has 0 saturated heterocycles. The van der Waals surface area contributed by atoms with Gasteiger partial charge in [0.1, 0.15) is 0 Å². The van der Waals surface area contributed by atoms with Crippen molar-refractivity contribution in [3.8, 4) is 0 Å². The molecular formula is C19H17Cl3N2S. The Bertz CT molecular complexity index is 801. The summed E-state index contributed by atoms with van der Waals surface area (Å²) < 4.78 is 2.08. The first-order valence-electron chi connectivity index (χ1n) is 7.93. The largest absolute Gasteiger partial charge is 0.336 e. The van der Waals surface area contributed by atoms with Crippen LogP contribution in [-0.4, -0.2) is 14.8 Å². The van der Waals surface area contributed by atoms with Crippen LogP contribution in [0.4, 0.5) is 0 Å². The molecule has 0 bridgehead atoms. The van der Waals surface area contributed by atoms with Gasteiger partial charge in [0.25, 0.3) is 0 Å². The monoisotopic (exact) mass is 410 g/mol. The van der Waals surface area contributed by atoms with E-state index < -0.39 is 0 Å². The van der Waals surface area contributed by atoms with E-state index in [9.17, 15) is 0 Å². The summed E-state index contributed by atoms with van der Waals surface area (Å²) in [6.07, 6.45) is 7.44. The number of hydrogen-bond donors (Lipinski definition) is 0. The quantitative estimate of drug-likeness (QED) is 0.406. The number of hydrogen-bond acceptors (Lipinski definition) is 2. The van der Waals surface area contributed by atoms with Gasteiger partial charge in [0.15, 0.2) is 0 Å². The smallest absolute Gasteiger partial charge is 0.0946 e. The van der Waals surface area contributed by atoms with Gasteiger partial charge in [-0.25, -0.2) is 4.98 Å². The van der Waals surface area contributed by atoms with E-state index in [2.05, 4.69) is 15.6 Å². The summed E-state index contributed by atoms with van der Waals surface area (Å²) in [7, 11) is 0. The predicted molar refractivity (Wildman–Crippen MR) is 108 cm³/mol. The topological polar surface area (TPSA) is 17.8 Å². The zero-order valence-electron chi connectivity index (χ0n) is 13.4. The molecule has 0 aliphatic rings. The normalized spacial score (nSPS) is 12.3. The Labute approximate surface area is 167 Å². The Balaban J connectivity index is 1.76. The van der Waals surface area contributed by atoms with E-state index in [1.54, 1.807) is 18.0 Å². The molecule has 3 rings (SSSR count). The van der Waals surface area contributed by atoms with Crippen LogP contribution in [0.1, 0.15) is 12.0 Å². The first-order chi connectivity index (χ1) is 12.1. The maximum absolute atomic E-state index is 6.35. The molecule has 0 saturated carbocycles. The lowest BCUT2D eigenvalue weighted by Gasteiger charge is -2.19. The van der Waals surface area contributed by atoms with Gasteiger partial charge in [-0.1, -0.05) is 59.1 Å². The minimum absolute atomic E-state index is 0.294. The van der Waals surface area contributed by atoms with Crippen molar-refractivity contribution < 1.29 is 0 Å². The van der Waals surface area contributed by atoms with Crippen LogP contribution < -0.4 is 0 Å². The summed E-state index contributed by atoms with van der Waals surface area (Å²) in [4.78, 5) is 5.06. The van der Waals surface area contributed by atoms with E-state index in [-0.39, 0.29) is 0 Å². The van der Waals surface area contributed by atoms with Crippen molar-refractivity contribution in [2.45, 2.75) is 29.5 Å². The fourth-order valence-corrected chi connectivity index (χ4v) is 4.67. The number of rotatable bonds is 7. The first kappa shape index (κ1) is 18.7. The lowest BCUT2D eigenvalue weighted by molar-refractivity contribution is 0.624. The predicted octanol–water partition coefficient (Wildman–Crippen LogP) is 6.64. The standard InChI is InChI=1S/C19H17Cl3N2S/c20-16-5-2-1-4-14(16)8-9-15(12-24-11-10-23-13-24)25-19-17(21)6-3-7-18(19)22/h1-7,10-11,13,15H,8-9,12H2. The lowest BCUT2D eigenvalue weighted by atomic mass is 10.1. The van der Waals surface area contributed by atoms with Crippen molar-refractivity contribution in [3.63, 3.8) is 0 Å². The summed E-state index contributed by atoms with van der Waals surface area (Å²) in [5.41, 5.74) is 1.16. The minimum atomic E-state index is 0.294. The molecule has 130 valence electrons. The number of imidazole rings is 1. The van der Waals surface area contributed by atoms with Crippen molar-refractivity contribution in [1.29, 1.82) is 0 Å². The van der Waals surface area contributed by atoms with Crippen molar-refractivity contribution in [3.05, 3.63) is 81.8 Å².